The number of rotatable bonds is 7. The SMILES string of the molecule is CCOc1ccc(N(CCC(=O)Nc2ccc(Cl)cc2C)C(C)=O)cc1. The molecule has 0 spiro atoms. The van der Waals surface area contributed by atoms with E-state index < -0.39 is 0 Å². The molecule has 0 unspecified atom stereocenters. The Bertz CT molecular complexity index is 775. The first-order valence-electron chi connectivity index (χ1n) is 8.47. The van der Waals surface area contributed by atoms with Gasteiger partial charge in [0.05, 0.1) is 6.61 Å². The van der Waals surface area contributed by atoms with Crippen LogP contribution in [-0.2, 0) is 9.59 Å². The molecule has 2 rings (SSSR count). The van der Waals surface area contributed by atoms with Crippen molar-refractivity contribution in [3.05, 3.63) is 53.1 Å². The molecule has 26 heavy (non-hydrogen) atoms. The minimum Gasteiger partial charge on any atom is -0.494 e. The summed E-state index contributed by atoms with van der Waals surface area (Å²) in [6, 6.07) is 12.5. The first-order chi connectivity index (χ1) is 12.4. The number of amides is 2. The van der Waals surface area contributed by atoms with Crippen LogP contribution >= 0.6 is 11.6 Å². The average molecular weight is 375 g/mol. The second kappa shape index (κ2) is 9.25. The topological polar surface area (TPSA) is 58.6 Å². The number of carbonyl (C=O) groups excluding carboxylic acids is 2. The van der Waals surface area contributed by atoms with Gasteiger partial charge in [-0.2, -0.15) is 0 Å². The van der Waals surface area contributed by atoms with Crippen LogP contribution in [0.2, 0.25) is 5.02 Å². The van der Waals surface area contributed by atoms with E-state index in [1.807, 2.05) is 38.1 Å². The molecule has 0 saturated carbocycles. The molecule has 2 aromatic carbocycles. The van der Waals surface area contributed by atoms with Crippen LogP contribution in [0.25, 0.3) is 0 Å². The van der Waals surface area contributed by atoms with E-state index in [4.69, 9.17) is 16.3 Å². The maximum Gasteiger partial charge on any atom is 0.226 e. The monoisotopic (exact) mass is 374 g/mol. The number of nitrogens with zero attached hydrogens (tertiary/aromatic N) is 1. The zero-order chi connectivity index (χ0) is 19.1. The molecule has 2 aromatic rings. The van der Waals surface area contributed by atoms with Crippen LogP contribution in [0, 0.1) is 6.92 Å². The maximum atomic E-state index is 12.2. The van der Waals surface area contributed by atoms with Crippen molar-refractivity contribution in [2.75, 3.05) is 23.4 Å². The predicted octanol–water partition coefficient (Wildman–Crippen LogP) is 4.43. The van der Waals surface area contributed by atoms with Gasteiger partial charge in [-0.05, 0) is 61.9 Å². The second-order valence-electron chi connectivity index (χ2n) is 5.85. The van der Waals surface area contributed by atoms with E-state index in [1.165, 1.54) is 6.92 Å². The highest BCUT2D eigenvalue weighted by Crippen LogP contribution is 2.21. The third-order valence-electron chi connectivity index (χ3n) is 3.86. The molecular weight excluding hydrogens is 352 g/mol. The molecule has 0 aliphatic rings. The summed E-state index contributed by atoms with van der Waals surface area (Å²) in [5.41, 5.74) is 2.34. The molecule has 0 heterocycles. The Labute approximate surface area is 158 Å². The van der Waals surface area contributed by atoms with Gasteiger partial charge >= 0.3 is 0 Å². The van der Waals surface area contributed by atoms with Crippen LogP contribution in [0.15, 0.2) is 42.5 Å². The lowest BCUT2D eigenvalue weighted by Crippen LogP contribution is -2.32. The van der Waals surface area contributed by atoms with Crippen LogP contribution in [0.3, 0.4) is 0 Å². The van der Waals surface area contributed by atoms with Gasteiger partial charge in [-0.25, -0.2) is 0 Å². The van der Waals surface area contributed by atoms with Gasteiger partial charge in [-0.1, -0.05) is 11.6 Å². The zero-order valence-corrected chi connectivity index (χ0v) is 16.0. The van der Waals surface area contributed by atoms with Crippen LogP contribution in [0.4, 0.5) is 11.4 Å². The van der Waals surface area contributed by atoms with Gasteiger partial charge in [0.1, 0.15) is 5.75 Å². The second-order valence-corrected chi connectivity index (χ2v) is 6.29. The first kappa shape index (κ1) is 19.8. The van der Waals surface area contributed by atoms with Crippen molar-refractivity contribution >= 4 is 34.8 Å². The minimum absolute atomic E-state index is 0.121. The minimum atomic E-state index is -0.160. The molecule has 0 fully saturated rings. The lowest BCUT2D eigenvalue weighted by molar-refractivity contribution is -0.117. The molecule has 0 aliphatic carbocycles. The van der Waals surface area contributed by atoms with Gasteiger partial charge in [0, 0.05) is 36.3 Å². The van der Waals surface area contributed by atoms with Crippen molar-refractivity contribution in [2.45, 2.75) is 27.2 Å². The number of hydrogen-bond acceptors (Lipinski definition) is 3. The third-order valence-corrected chi connectivity index (χ3v) is 4.10. The van der Waals surface area contributed by atoms with E-state index in [0.717, 1.165) is 22.7 Å². The average Bonchev–Trinajstić information content (AvgIpc) is 2.59. The lowest BCUT2D eigenvalue weighted by Gasteiger charge is -2.21. The van der Waals surface area contributed by atoms with Crippen molar-refractivity contribution < 1.29 is 14.3 Å². The molecule has 0 bridgehead atoms. The summed E-state index contributed by atoms with van der Waals surface area (Å²) in [6.07, 6.45) is 0.189. The number of nitrogens with one attached hydrogen (secondary N) is 1. The summed E-state index contributed by atoms with van der Waals surface area (Å²) in [7, 11) is 0. The summed E-state index contributed by atoms with van der Waals surface area (Å²) in [5.74, 6) is 0.466. The summed E-state index contributed by atoms with van der Waals surface area (Å²) >= 11 is 5.92. The smallest absolute Gasteiger partial charge is 0.226 e. The fraction of sp³-hybridized carbons (Fsp3) is 0.300. The molecule has 0 saturated heterocycles. The Morgan fingerprint density at radius 1 is 1.15 bits per heavy atom. The molecule has 138 valence electrons. The number of halogens is 1. The lowest BCUT2D eigenvalue weighted by atomic mass is 10.2. The Kier molecular flexibility index (Phi) is 7.04. The van der Waals surface area contributed by atoms with E-state index in [-0.39, 0.29) is 18.2 Å². The van der Waals surface area contributed by atoms with Gasteiger partial charge in [0.25, 0.3) is 0 Å². The van der Waals surface area contributed by atoms with Gasteiger partial charge in [0.15, 0.2) is 0 Å². The van der Waals surface area contributed by atoms with Crippen molar-refractivity contribution in [3.8, 4) is 5.75 Å². The van der Waals surface area contributed by atoms with Gasteiger partial charge in [0.2, 0.25) is 11.8 Å². The van der Waals surface area contributed by atoms with E-state index in [9.17, 15) is 9.59 Å². The first-order valence-corrected chi connectivity index (χ1v) is 8.85. The van der Waals surface area contributed by atoms with Crippen LogP contribution in [0.5, 0.6) is 5.75 Å². The van der Waals surface area contributed by atoms with Crippen molar-refractivity contribution in [1.82, 2.24) is 0 Å². The van der Waals surface area contributed by atoms with Crippen LogP contribution in [-0.4, -0.2) is 25.0 Å². The fourth-order valence-corrected chi connectivity index (χ4v) is 2.78. The fourth-order valence-electron chi connectivity index (χ4n) is 2.55. The quantitative estimate of drug-likeness (QED) is 0.779. The molecule has 5 nitrogen and oxygen atoms in total. The molecule has 0 aliphatic heterocycles. The molecule has 0 aromatic heterocycles. The van der Waals surface area contributed by atoms with E-state index in [0.29, 0.717) is 18.2 Å². The van der Waals surface area contributed by atoms with Crippen LogP contribution < -0.4 is 15.0 Å². The predicted molar refractivity (Wildman–Crippen MR) is 105 cm³/mol. The zero-order valence-electron chi connectivity index (χ0n) is 15.2. The number of aryl methyl sites for hydroxylation is 1. The highest BCUT2D eigenvalue weighted by atomic mass is 35.5. The number of benzene rings is 2. The molecule has 1 N–H and O–H groups in total. The van der Waals surface area contributed by atoms with Gasteiger partial charge in [-0.15, -0.1) is 0 Å². The van der Waals surface area contributed by atoms with E-state index in [1.54, 1.807) is 23.1 Å². The Hall–Kier alpha value is -2.53. The van der Waals surface area contributed by atoms with Crippen LogP contribution in [0.1, 0.15) is 25.8 Å². The van der Waals surface area contributed by atoms with Crippen molar-refractivity contribution in [3.63, 3.8) is 0 Å². The molecular formula is C20H23ClN2O3. The highest BCUT2D eigenvalue weighted by Gasteiger charge is 2.14. The standard InChI is InChI=1S/C20H23ClN2O3/c1-4-26-18-8-6-17(7-9-18)23(15(3)24)12-11-20(25)22-19-10-5-16(21)13-14(19)2/h5-10,13H,4,11-12H2,1-3H3,(H,22,25). The Morgan fingerprint density at radius 2 is 1.85 bits per heavy atom. The Balaban J connectivity index is 1.99. The highest BCUT2D eigenvalue weighted by molar-refractivity contribution is 6.30. The molecule has 0 atom stereocenters. The molecule has 6 heteroatoms. The van der Waals surface area contributed by atoms with Crippen molar-refractivity contribution in [2.24, 2.45) is 0 Å². The number of ether oxygens (including phenoxy) is 1. The van der Waals surface area contributed by atoms with Gasteiger partial charge < -0.3 is 15.0 Å². The summed E-state index contributed by atoms with van der Waals surface area (Å²) in [6.45, 7) is 6.15. The maximum absolute atomic E-state index is 12.2. The summed E-state index contributed by atoms with van der Waals surface area (Å²) in [5, 5.41) is 3.48. The largest absolute Gasteiger partial charge is 0.494 e. The van der Waals surface area contributed by atoms with E-state index >= 15 is 0 Å². The van der Waals surface area contributed by atoms with E-state index in [2.05, 4.69) is 5.32 Å². The molecule has 2 amide bonds. The third kappa shape index (κ3) is 5.49. The number of carbonyl (C=O) groups is 2. The van der Waals surface area contributed by atoms with Crippen molar-refractivity contribution in [1.29, 1.82) is 0 Å². The molecule has 0 radical (unpaired) electrons. The number of hydrogen-bond donors (Lipinski definition) is 1. The summed E-state index contributed by atoms with van der Waals surface area (Å²) in [4.78, 5) is 25.8. The Morgan fingerprint density at radius 3 is 2.42 bits per heavy atom. The normalized spacial score (nSPS) is 10.3. The van der Waals surface area contributed by atoms with Gasteiger partial charge in [-0.3, -0.25) is 9.59 Å². The summed E-state index contributed by atoms with van der Waals surface area (Å²) < 4.78 is 5.41. The number of anilines is 2.